The second-order valence-electron chi connectivity index (χ2n) is 8.35. The van der Waals surface area contributed by atoms with Crippen LogP contribution in [0, 0.1) is 6.92 Å². The molecule has 3 heterocycles. The number of aromatic nitrogens is 4. The van der Waals surface area contributed by atoms with E-state index in [-0.39, 0.29) is 18.0 Å². The molecule has 0 bridgehead atoms. The van der Waals surface area contributed by atoms with E-state index in [4.69, 9.17) is 9.47 Å². The first-order valence-electron chi connectivity index (χ1n) is 11.2. The van der Waals surface area contributed by atoms with Gasteiger partial charge in [-0.2, -0.15) is 5.21 Å². The number of tetrazole rings is 1. The first-order chi connectivity index (χ1) is 16.6. The molecule has 1 aliphatic heterocycles. The Bertz CT molecular complexity index is 1270. The van der Waals surface area contributed by atoms with Gasteiger partial charge in [-0.25, -0.2) is 0 Å². The zero-order valence-electron chi connectivity index (χ0n) is 19.1. The number of ether oxygens (including phenoxy) is 2. The van der Waals surface area contributed by atoms with Gasteiger partial charge in [0, 0.05) is 29.7 Å². The van der Waals surface area contributed by atoms with Gasteiger partial charge in [-0.15, -0.1) is 16.4 Å². The van der Waals surface area contributed by atoms with Gasteiger partial charge in [-0.05, 0) is 48.2 Å². The number of methoxy groups -OCH3 is 1. The molecular formula is C24H26N6O3S. The maximum absolute atomic E-state index is 13.1. The van der Waals surface area contributed by atoms with Crippen LogP contribution < -0.4 is 14.8 Å². The van der Waals surface area contributed by atoms with Crippen molar-refractivity contribution in [3.8, 4) is 11.5 Å². The van der Waals surface area contributed by atoms with Crippen molar-refractivity contribution >= 4 is 33.3 Å². The molecule has 10 heteroatoms. The topological polar surface area (TPSA) is 105 Å². The molecule has 1 saturated heterocycles. The van der Waals surface area contributed by atoms with Crippen LogP contribution in [0.3, 0.4) is 0 Å². The van der Waals surface area contributed by atoms with Crippen LogP contribution in [0.15, 0.2) is 42.5 Å². The van der Waals surface area contributed by atoms with Crippen LogP contribution in [0.1, 0.15) is 33.6 Å². The number of benzene rings is 2. The second kappa shape index (κ2) is 9.78. The van der Waals surface area contributed by atoms with Gasteiger partial charge in [-0.1, -0.05) is 35.4 Å². The van der Waals surface area contributed by atoms with E-state index in [1.54, 1.807) is 7.11 Å². The molecule has 9 nitrogen and oxygen atoms in total. The SMILES string of the molecule is COc1cc2c(OC3CCN(Cc4ccccc4)CC3)c(C(=O)Nc3nn[nH]n3)sc2cc1C. The number of aryl methyl sites for hydroxylation is 1. The first-order valence-corrected chi connectivity index (χ1v) is 12.0. The predicted molar refractivity (Wildman–Crippen MR) is 131 cm³/mol. The molecule has 5 rings (SSSR count). The van der Waals surface area contributed by atoms with Crippen molar-refractivity contribution in [2.24, 2.45) is 0 Å². The molecule has 34 heavy (non-hydrogen) atoms. The van der Waals surface area contributed by atoms with E-state index >= 15 is 0 Å². The van der Waals surface area contributed by atoms with Crippen molar-refractivity contribution in [2.45, 2.75) is 32.4 Å². The van der Waals surface area contributed by atoms with E-state index < -0.39 is 0 Å². The number of hydrogen-bond donors (Lipinski definition) is 2. The molecule has 1 fully saturated rings. The van der Waals surface area contributed by atoms with E-state index in [0.717, 1.165) is 53.9 Å². The van der Waals surface area contributed by atoms with Gasteiger partial charge >= 0.3 is 0 Å². The fourth-order valence-electron chi connectivity index (χ4n) is 4.26. The van der Waals surface area contributed by atoms with Crippen molar-refractivity contribution in [3.05, 3.63) is 58.5 Å². The molecule has 2 aromatic carbocycles. The average molecular weight is 479 g/mol. The third-order valence-electron chi connectivity index (χ3n) is 6.00. The van der Waals surface area contributed by atoms with Crippen molar-refractivity contribution in [1.82, 2.24) is 25.5 Å². The number of nitrogens with zero attached hydrogens (tertiary/aromatic N) is 4. The Morgan fingerprint density at radius 3 is 2.74 bits per heavy atom. The average Bonchev–Trinajstić information content (AvgIpc) is 3.48. The Balaban J connectivity index is 1.37. The number of nitrogens with one attached hydrogen (secondary N) is 2. The molecule has 0 atom stereocenters. The van der Waals surface area contributed by atoms with Crippen LogP contribution in [0.25, 0.3) is 10.1 Å². The molecule has 4 aromatic rings. The highest BCUT2D eigenvalue weighted by atomic mass is 32.1. The predicted octanol–water partition coefficient (Wildman–Crippen LogP) is 4.03. The molecule has 1 amide bonds. The zero-order valence-corrected chi connectivity index (χ0v) is 19.9. The molecule has 2 aromatic heterocycles. The highest BCUT2D eigenvalue weighted by Gasteiger charge is 2.27. The maximum atomic E-state index is 13.1. The number of rotatable bonds is 7. The van der Waals surface area contributed by atoms with Crippen molar-refractivity contribution in [3.63, 3.8) is 0 Å². The third kappa shape index (κ3) is 4.73. The highest BCUT2D eigenvalue weighted by Crippen LogP contribution is 2.42. The molecule has 0 saturated carbocycles. The lowest BCUT2D eigenvalue weighted by atomic mass is 10.1. The number of amides is 1. The summed E-state index contributed by atoms with van der Waals surface area (Å²) < 4.78 is 13.0. The first kappa shape index (κ1) is 22.3. The summed E-state index contributed by atoms with van der Waals surface area (Å²) in [4.78, 5) is 16.0. The van der Waals surface area contributed by atoms with E-state index in [2.05, 4.69) is 55.1 Å². The Labute approximate surface area is 201 Å². The van der Waals surface area contributed by atoms with Crippen LogP contribution in [-0.4, -0.2) is 57.7 Å². The van der Waals surface area contributed by atoms with Crippen LogP contribution in [-0.2, 0) is 6.54 Å². The lowest BCUT2D eigenvalue weighted by Crippen LogP contribution is -2.38. The Morgan fingerprint density at radius 2 is 2.03 bits per heavy atom. The minimum absolute atomic E-state index is 0.0221. The number of hydrogen-bond acceptors (Lipinski definition) is 8. The largest absolute Gasteiger partial charge is 0.496 e. The van der Waals surface area contributed by atoms with Gasteiger partial charge < -0.3 is 9.47 Å². The summed E-state index contributed by atoms with van der Waals surface area (Å²) in [5.41, 5.74) is 2.32. The summed E-state index contributed by atoms with van der Waals surface area (Å²) in [6, 6.07) is 14.5. The number of anilines is 1. The van der Waals surface area contributed by atoms with E-state index in [1.807, 2.05) is 25.1 Å². The van der Waals surface area contributed by atoms with Crippen molar-refractivity contribution < 1.29 is 14.3 Å². The van der Waals surface area contributed by atoms with Gasteiger partial charge in [0.05, 0.1) is 7.11 Å². The van der Waals surface area contributed by atoms with Gasteiger partial charge in [0.2, 0.25) is 0 Å². The monoisotopic (exact) mass is 478 g/mol. The van der Waals surface area contributed by atoms with Crippen LogP contribution in [0.4, 0.5) is 5.95 Å². The number of aromatic amines is 1. The number of H-pyrrole nitrogens is 1. The van der Waals surface area contributed by atoms with Crippen molar-refractivity contribution in [2.75, 3.05) is 25.5 Å². The van der Waals surface area contributed by atoms with E-state index in [0.29, 0.717) is 10.6 Å². The van der Waals surface area contributed by atoms with Crippen LogP contribution in [0.2, 0.25) is 0 Å². The molecule has 2 N–H and O–H groups in total. The zero-order chi connectivity index (χ0) is 23.5. The second-order valence-corrected chi connectivity index (χ2v) is 9.40. The van der Waals surface area contributed by atoms with E-state index in [1.165, 1.54) is 16.9 Å². The lowest BCUT2D eigenvalue weighted by molar-refractivity contribution is 0.0939. The van der Waals surface area contributed by atoms with Gasteiger partial charge in [0.1, 0.15) is 16.7 Å². The summed E-state index contributed by atoms with van der Waals surface area (Å²) in [7, 11) is 1.65. The standard InChI is InChI=1S/C24H26N6O3S/c1-15-12-20-18(13-19(15)32-2)21(22(34-20)23(31)25-24-26-28-29-27-24)33-17-8-10-30(11-9-17)14-16-6-4-3-5-7-16/h3-7,12-13,17H,8-11,14H2,1-2H3,(H2,25,26,27,28,29,31). The summed E-state index contributed by atoms with van der Waals surface area (Å²) in [5, 5.41) is 17.1. The van der Waals surface area contributed by atoms with E-state index in [9.17, 15) is 4.79 Å². The third-order valence-corrected chi connectivity index (χ3v) is 7.14. The van der Waals surface area contributed by atoms with Crippen LogP contribution in [0.5, 0.6) is 11.5 Å². The lowest BCUT2D eigenvalue weighted by Gasteiger charge is -2.32. The number of fused-ring (bicyclic) bond motifs is 1. The number of piperidine rings is 1. The van der Waals surface area contributed by atoms with Crippen molar-refractivity contribution in [1.29, 1.82) is 0 Å². The normalized spacial score (nSPS) is 14.9. The minimum atomic E-state index is -0.323. The fraction of sp³-hybridized carbons (Fsp3) is 0.333. The number of thiophene rings is 1. The van der Waals surface area contributed by atoms with Gasteiger partial charge in [0.25, 0.3) is 11.9 Å². The number of carbonyl (C=O) groups is 1. The summed E-state index contributed by atoms with van der Waals surface area (Å²) >= 11 is 1.39. The number of carbonyl (C=O) groups excluding carboxylic acids is 1. The Hall–Kier alpha value is -3.50. The Morgan fingerprint density at radius 1 is 1.24 bits per heavy atom. The molecule has 1 aliphatic rings. The smallest absolute Gasteiger partial charge is 0.272 e. The van der Waals surface area contributed by atoms with Crippen LogP contribution >= 0.6 is 11.3 Å². The molecule has 0 spiro atoms. The minimum Gasteiger partial charge on any atom is -0.496 e. The highest BCUT2D eigenvalue weighted by molar-refractivity contribution is 7.21. The molecule has 176 valence electrons. The Kier molecular flexibility index (Phi) is 6.41. The summed E-state index contributed by atoms with van der Waals surface area (Å²) in [6.45, 7) is 4.80. The fourth-order valence-corrected chi connectivity index (χ4v) is 5.37. The van der Waals surface area contributed by atoms with Gasteiger partial charge in [-0.3, -0.25) is 15.0 Å². The molecule has 0 radical (unpaired) electrons. The molecular weight excluding hydrogens is 452 g/mol. The summed E-state index contributed by atoms with van der Waals surface area (Å²) in [5.74, 6) is 1.14. The molecule has 0 unspecified atom stereocenters. The molecule has 0 aliphatic carbocycles. The summed E-state index contributed by atoms with van der Waals surface area (Å²) in [6.07, 6.45) is 1.80. The van der Waals surface area contributed by atoms with Gasteiger partial charge in [0.15, 0.2) is 5.75 Å². The number of likely N-dealkylation sites (tertiary alicyclic amines) is 1. The quantitative estimate of drug-likeness (QED) is 0.413. The maximum Gasteiger partial charge on any atom is 0.272 e.